The summed E-state index contributed by atoms with van der Waals surface area (Å²) in [6.07, 6.45) is -2.32. The smallest absolute Gasteiger partial charge is 0.171 e. The highest BCUT2D eigenvalue weighted by Gasteiger charge is 2.40. The summed E-state index contributed by atoms with van der Waals surface area (Å²) in [5.41, 5.74) is 0. The normalized spacial score (nSPS) is 17.5. The summed E-state index contributed by atoms with van der Waals surface area (Å²) in [5.74, 6) is -1.35. The van der Waals surface area contributed by atoms with Crippen molar-refractivity contribution < 1.29 is 13.2 Å². The molecule has 3 heteroatoms. The van der Waals surface area contributed by atoms with Crippen LogP contribution in [0, 0.1) is 11.8 Å². The molecule has 0 amide bonds. The lowest BCUT2D eigenvalue weighted by atomic mass is 9.88. The fourth-order valence-corrected chi connectivity index (χ4v) is 1.61. The third-order valence-electron chi connectivity index (χ3n) is 2.29. The third-order valence-corrected chi connectivity index (χ3v) is 2.29. The summed E-state index contributed by atoms with van der Waals surface area (Å²) in [6.45, 7) is 5.20. The molecule has 0 heterocycles. The maximum absolute atomic E-state index is 12.3. The van der Waals surface area contributed by atoms with Crippen molar-refractivity contribution in [3.63, 3.8) is 0 Å². The van der Waals surface area contributed by atoms with Crippen molar-refractivity contribution in [3.05, 3.63) is 0 Å². The minimum Gasteiger partial charge on any atom is -0.171 e. The van der Waals surface area contributed by atoms with E-state index in [2.05, 4.69) is 0 Å². The van der Waals surface area contributed by atoms with Crippen LogP contribution in [0.5, 0.6) is 0 Å². The molecule has 0 aliphatic heterocycles. The molecular weight excluding hydrogens is 165 g/mol. The Bertz CT molecular complexity index is 117. The van der Waals surface area contributed by atoms with Crippen molar-refractivity contribution >= 4 is 0 Å². The average Bonchev–Trinajstić information content (AvgIpc) is 1.85. The summed E-state index contributed by atoms with van der Waals surface area (Å²) >= 11 is 0. The van der Waals surface area contributed by atoms with E-state index in [4.69, 9.17) is 0 Å². The topological polar surface area (TPSA) is 0 Å². The quantitative estimate of drug-likeness (QED) is 0.616. The fraction of sp³-hybridized carbons (Fsp3) is 1.00. The monoisotopic (exact) mass is 182 g/mol. The predicted molar refractivity (Wildman–Crippen MR) is 43.9 cm³/mol. The molecule has 0 aromatic carbocycles. The highest BCUT2D eigenvalue weighted by Crippen LogP contribution is 2.36. The molecule has 0 aliphatic rings. The van der Waals surface area contributed by atoms with Gasteiger partial charge in [-0.2, -0.15) is 13.2 Å². The number of alkyl halides is 3. The standard InChI is InChI=1S/C9H17F3/c1-4-6-7(3)8(5-2)9(10,11)12/h7-8H,4-6H2,1-3H3/t7-,8+/m0/s1. The number of hydrogen-bond acceptors (Lipinski definition) is 0. The summed E-state index contributed by atoms with van der Waals surface area (Å²) < 4.78 is 36.9. The Morgan fingerprint density at radius 2 is 1.67 bits per heavy atom. The van der Waals surface area contributed by atoms with Crippen molar-refractivity contribution in [1.29, 1.82) is 0 Å². The van der Waals surface area contributed by atoms with Crippen LogP contribution in [0.3, 0.4) is 0 Å². The van der Waals surface area contributed by atoms with Gasteiger partial charge < -0.3 is 0 Å². The number of hydrogen-bond donors (Lipinski definition) is 0. The van der Waals surface area contributed by atoms with Gasteiger partial charge in [-0.1, -0.05) is 33.6 Å². The molecule has 0 bridgehead atoms. The van der Waals surface area contributed by atoms with E-state index in [1.54, 1.807) is 13.8 Å². The van der Waals surface area contributed by atoms with Gasteiger partial charge in [0.05, 0.1) is 5.92 Å². The van der Waals surface area contributed by atoms with Gasteiger partial charge in [-0.25, -0.2) is 0 Å². The highest BCUT2D eigenvalue weighted by atomic mass is 19.4. The fourth-order valence-electron chi connectivity index (χ4n) is 1.61. The Kier molecular flexibility index (Phi) is 4.64. The van der Waals surface area contributed by atoms with Gasteiger partial charge in [-0.05, 0) is 12.3 Å². The van der Waals surface area contributed by atoms with Crippen LogP contribution in [-0.4, -0.2) is 6.18 Å². The molecule has 0 N–H and O–H groups in total. The van der Waals surface area contributed by atoms with Gasteiger partial charge in [0.2, 0.25) is 0 Å². The largest absolute Gasteiger partial charge is 0.392 e. The third kappa shape index (κ3) is 3.46. The van der Waals surface area contributed by atoms with E-state index in [9.17, 15) is 13.2 Å². The van der Waals surface area contributed by atoms with E-state index in [0.29, 0.717) is 6.42 Å². The van der Waals surface area contributed by atoms with E-state index in [1.807, 2.05) is 6.92 Å². The molecule has 0 aromatic rings. The first-order valence-corrected chi connectivity index (χ1v) is 4.50. The number of rotatable bonds is 4. The van der Waals surface area contributed by atoms with Crippen molar-refractivity contribution in [2.75, 3.05) is 0 Å². The Balaban J connectivity index is 4.14. The molecule has 0 rings (SSSR count). The molecule has 74 valence electrons. The van der Waals surface area contributed by atoms with E-state index in [0.717, 1.165) is 6.42 Å². The van der Waals surface area contributed by atoms with Crippen LogP contribution in [0.25, 0.3) is 0 Å². The first-order chi connectivity index (χ1) is 5.43. The summed E-state index contributed by atoms with van der Waals surface area (Å²) in [5, 5.41) is 0. The minimum absolute atomic E-state index is 0.199. The number of halogens is 3. The Morgan fingerprint density at radius 1 is 1.17 bits per heavy atom. The lowest BCUT2D eigenvalue weighted by Crippen LogP contribution is -2.28. The van der Waals surface area contributed by atoms with Crippen molar-refractivity contribution in [2.24, 2.45) is 11.8 Å². The molecule has 2 atom stereocenters. The zero-order valence-corrected chi connectivity index (χ0v) is 7.91. The lowest BCUT2D eigenvalue weighted by Gasteiger charge is -2.24. The van der Waals surface area contributed by atoms with Crippen LogP contribution >= 0.6 is 0 Å². The molecule has 0 nitrogen and oxygen atoms in total. The summed E-state index contributed by atoms with van der Waals surface area (Å²) in [4.78, 5) is 0. The van der Waals surface area contributed by atoms with Gasteiger partial charge in [0.25, 0.3) is 0 Å². The molecule has 0 spiro atoms. The summed E-state index contributed by atoms with van der Waals surface area (Å²) in [6, 6.07) is 0. The molecule has 0 radical (unpaired) electrons. The van der Waals surface area contributed by atoms with Crippen molar-refractivity contribution in [2.45, 2.75) is 46.2 Å². The second-order valence-electron chi connectivity index (χ2n) is 3.32. The highest BCUT2D eigenvalue weighted by molar-refractivity contribution is 4.71. The summed E-state index contributed by atoms with van der Waals surface area (Å²) in [7, 11) is 0. The molecule has 0 unspecified atom stereocenters. The molecule has 12 heavy (non-hydrogen) atoms. The van der Waals surface area contributed by atoms with E-state index < -0.39 is 12.1 Å². The Labute approximate surface area is 72.2 Å². The van der Waals surface area contributed by atoms with Crippen LogP contribution in [-0.2, 0) is 0 Å². The average molecular weight is 182 g/mol. The Hall–Kier alpha value is -0.210. The van der Waals surface area contributed by atoms with Crippen LogP contribution in [0.4, 0.5) is 13.2 Å². The van der Waals surface area contributed by atoms with E-state index >= 15 is 0 Å². The zero-order valence-electron chi connectivity index (χ0n) is 7.91. The van der Waals surface area contributed by atoms with Crippen LogP contribution < -0.4 is 0 Å². The first-order valence-electron chi connectivity index (χ1n) is 4.50. The Morgan fingerprint density at radius 3 is 1.92 bits per heavy atom. The molecule has 0 saturated heterocycles. The van der Waals surface area contributed by atoms with Crippen molar-refractivity contribution in [3.8, 4) is 0 Å². The van der Waals surface area contributed by atoms with E-state index in [1.165, 1.54) is 0 Å². The molecule has 0 saturated carbocycles. The van der Waals surface area contributed by atoms with Gasteiger partial charge >= 0.3 is 6.18 Å². The molecule has 0 fully saturated rings. The van der Waals surface area contributed by atoms with Gasteiger partial charge in [-0.3, -0.25) is 0 Å². The van der Waals surface area contributed by atoms with Crippen LogP contribution in [0.1, 0.15) is 40.0 Å². The molecule has 0 aromatic heterocycles. The van der Waals surface area contributed by atoms with E-state index in [-0.39, 0.29) is 12.3 Å². The van der Waals surface area contributed by atoms with Gasteiger partial charge in [0.1, 0.15) is 0 Å². The zero-order chi connectivity index (χ0) is 9.78. The predicted octanol–water partition coefficient (Wildman–Crippen LogP) is 4.01. The maximum atomic E-state index is 12.3. The van der Waals surface area contributed by atoms with Crippen molar-refractivity contribution in [1.82, 2.24) is 0 Å². The second-order valence-corrected chi connectivity index (χ2v) is 3.32. The first kappa shape index (κ1) is 11.8. The van der Waals surface area contributed by atoms with Gasteiger partial charge in [0, 0.05) is 0 Å². The second kappa shape index (κ2) is 4.73. The van der Waals surface area contributed by atoms with Crippen LogP contribution in [0.2, 0.25) is 0 Å². The van der Waals surface area contributed by atoms with Crippen LogP contribution in [0.15, 0.2) is 0 Å². The lowest BCUT2D eigenvalue weighted by molar-refractivity contribution is -0.188. The van der Waals surface area contributed by atoms with Gasteiger partial charge in [0.15, 0.2) is 0 Å². The molecular formula is C9H17F3. The van der Waals surface area contributed by atoms with Gasteiger partial charge in [-0.15, -0.1) is 0 Å². The minimum atomic E-state index is -4.01. The SMILES string of the molecule is CCC[C@H](C)[C@@H](CC)C(F)(F)F. The maximum Gasteiger partial charge on any atom is 0.392 e. The molecule has 0 aliphatic carbocycles.